The maximum Gasteiger partial charge on any atom is 0.266 e. The van der Waals surface area contributed by atoms with Crippen LogP contribution in [0.4, 0.5) is 0 Å². The standard InChI is InChI=1S/C9H11N3O2/c1-7(13)10-12-11-9(14)8-5-3-2-4-6-8/h2-6,12H,1H3,(H,10,13)(H,11,14). The summed E-state index contributed by atoms with van der Waals surface area (Å²) in [5.41, 5.74) is 7.34. The van der Waals surface area contributed by atoms with Crippen molar-refractivity contribution in [2.45, 2.75) is 6.92 Å². The van der Waals surface area contributed by atoms with Crippen LogP contribution in [-0.2, 0) is 4.79 Å². The van der Waals surface area contributed by atoms with Gasteiger partial charge in [0.25, 0.3) is 5.91 Å². The van der Waals surface area contributed by atoms with Crippen molar-refractivity contribution in [1.29, 1.82) is 0 Å². The molecule has 0 unspecified atom stereocenters. The molecule has 0 heterocycles. The highest BCUT2D eigenvalue weighted by Gasteiger charge is 2.02. The summed E-state index contributed by atoms with van der Waals surface area (Å²) < 4.78 is 0. The third-order valence-electron chi connectivity index (χ3n) is 1.45. The van der Waals surface area contributed by atoms with Gasteiger partial charge in [-0.1, -0.05) is 18.2 Å². The monoisotopic (exact) mass is 193 g/mol. The van der Waals surface area contributed by atoms with Crippen LogP contribution in [0.15, 0.2) is 30.3 Å². The number of hydrogen-bond donors (Lipinski definition) is 3. The van der Waals surface area contributed by atoms with Gasteiger partial charge in [0, 0.05) is 12.5 Å². The molecule has 1 aromatic carbocycles. The lowest BCUT2D eigenvalue weighted by Crippen LogP contribution is -2.48. The molecule has 74 valence electrons. The molecule has 0 aliphatic carbocycles. The van der Waals surface area contributed by atoms with Crippen molar-refractivity contribution in [1.82, 2.24) is 16.4 Å². The Bertz CT molecular complexity index is 324. The molecule has 0 bridgehead atoms. The van der Waals surface area contributed by atoms with Gasteiger partial charge in [0.1, 0.15) is 0 Å². The zero-order valence-corrected chi connectivity index (χ0v) is 7.70. The molecule has 1 rings (SSSR count). The highest BCUT2D eigenvalue weighted by molar-refractivity contribution is 5.93. The van der Waals surface area contributed by atoms with E-state index in [1.807, 2.05) is 6.07 Å². The van der Waals surface area contributed by atoms with Crippen LogP contribution >= 0.6 is 0 Å². The molecule has 5 heteroatoms. The number of rotatable bonds is 3. The van der Waals surface area contributed by atoms with E-state index in [0.717, 1.165) is 0 Å². The fourth-order valence-electron chi connectivity index (χ4n) is 0.838. The summed E-state index contributed by atoms with van der Waals surface area (Å²) in [5, 5.41) is 0. The van der Waals surface area contributed by atoms with E-state index in [1.165, 1.54) is 6.92 Å². The maximum atomic E-state index is 11.3. The predicted octanol–water partition coefficient (Wildman–Crippen LogP) is -0.0279. The number of hydrogen-bond acceptors (Lipinski definition) is 3. The fraction of sp³-hybridized carbons (Fsp3) is 0.111. The number of nitrogens with one attached hydrogen (secondary N) is 3. The molecule has 0 spiro atoms. The number of amides is 2. The third-order valence-corrected chi connectivity index (χ3v) is 1.45. The average molecular weight is 193 g/mol. The number of benzene rings is 1. The molecule has 0 atom stereocenters. The van der Waals surface area contributed by atoms with Crippen LogP contribution in [0.3, 0.4) is 0 Å². The van der Waals surface area contributed by atoms with Gasteiger partial charge in [0.2, 0.25) is 5.91 Å². The minimum absolute atomic E-state index is 0.279. The van der Waals surface area contributed by atoms with E-state index in [-0.39, 0.29) is 11.8 Å². The van der Waals surface area contributed by atoms with Gasteiger partial charge in [0.15, 0.2) is 0 Å². The Morgan fingerprint density at radius 1 is 1.07 bits per heavy atom. The van der Waals surface area contributed by atoms with E-state index in [0.29, 0.717) is 5.56 Å². The van der Waals surface area contributed by atoms with Gasteiger partial charge in [-0.15, -0.1) is 5.53 Å². The topological polar surface area (TPSA) is 70.2 Å². The van der Waals surface area contributed by atoms with Crippen molar-refractivity contribution in [3.8, 4) is 0 Å². The first-order valence-corrected chi connectivity index (χ1v) is 4.07. The van der Waals surface area contributed by atoms with E-state index < -0.39 is 0 Å². The van der Waals surface area contributed by atoms with E-state index in [2.05, 4.69) is 16.4 Å². The molecule has 0 aromatic heterocycles. The van der Waals surface area contributed by atoms with Crippen LogP contribution in [0, 0.1) is 0 Å². The summed E-state index contributed by atoms with van der Waals surface area (Å²) >= 11 is 0. The fourth-order valence-corrected chi connectivity index (χ4v) is 0.838. The Hall–Kier alpha value is -1.88. The normalized spacial score (nSPS) is 9.21. The van der Waals surface area contributed by atoms with E-state index in [9.17, 15) is 9.59 Å². The highest BCUT2D eigenvalue weighted by atomic mass is 16.2. The smallest absolute Gasteiger partial charge is 0.266 e. The number of carbonyl (C=O) groups is 2. The van der Waals surface area contributed by atoms with Crippen LogP contribution in [0.25, 0.3) is 0 Å². The average Bonchev–Trinajstić information content (AvgIpc) is 2.18. The molecular formula is C9H11N3O2. The molecule has 14 heavy (non-hydrogen) atoms. The lowest BCUT2D eigenvalue weighted by atomic mass is 10.2. The van der Waals surface area contributed by atoms with Gasteiger partial charge in [0.05, 0.1) is 0 Å². The van der Waals surface area contributed by atoms with E-state index in [4.69, 9.17) is 0 Å². The van der Waals surface area contributed by atoms with Gasteiger partial charge in [-0.25, -0.2) is 0 Å². The first-order valence-electron chi connectivity index (χ1n) is 4.07. The molecule has 2 amide bonds. The molecular weight excluding hydrogens is 182 g/mol. The molecule has 1 aromatic rings. The highest BCUT2D eigenvalue weighted by Crippen LogP contribution is 1.96. The molecule has 0 fully saturated rings. The molecule has 0 radical (unpaired) electrons. The van der Waals surface area contributed by atoms with Crippen molar-refractivity contribution in [3.05, 3.63) is 35.9 Å². The molecule has 0 aliphatic heterocycles. The van der Waals surface area contributed by atoms with Crippen molar-refractivity contribution in [2.75, 3.05) is 0 Å². The Morgan fingerprint density at radius 2 is 1.71 bits per heavy atom. The number of hydrazine groups is 2. The van der Waals surface area contributed by atoms with Crippen LogP contribution < -0.4 is 16.4 Å². The summed E-state index contributed by atoms with van der Waals surface area (Å²) in [6.07, 6.45) is 0. The van der Waals surface area contributed by atoms with Gasteiger partial charge in [-0.3, -0.25) is 20.4 Å². The quantitative estimate of drug-likeness (QED) is 0.590. The zero-order chi connectivity index (χ0) is 10.4. The molecule has 0 saturated heterocycles. The molecule has 0 saturated carbocycles. The lowest BCUT2D eigenvalue weighted by molar-refractivity contribution is -0.120. The Labute approximate surface area is 81.4 Å². The summed E-state index contributed by atoms with van der Waals surface area (Å²) in [4.78, 5) is 21.7. The van der Waals surface area contributed by atoms with Crippen LogP contribution in [0.5, 0.6) is 0 Å². The molecule has 0 aliphatic rings. The van der Waals surface area contributed by atoms with Crippen LogP contribution in [-0.4, -0.2) is 11.8 Å². The van der Waals surface area contributed by atoms with Gasteiger partial charge in [-0.05, 0) is 12.1 Å². The van der Waals surface area contributed by atoms with Gasteiger partial charge < -0.3 is 0 Å². The summed E-state index contributed by atoms with van der Waals surface area (Å²) in [6, 6.07) is 8.67. The van der Waals surface area contributed by atoms with Crippen molar-refractivity contribution in [2.24, 2.45) is 0 Å². The summed E-state index contributed by atoms with van der Waals surface area (Å²) in [7, 11) is 0. The minimum atomic E-state index is -0.306. The van der Waals surface area contributed by atoms with Crippen molar-refractivity contribution < 1.29 is 9.59 Å². The summed E-state index contributed by atoms with van der Waals surface area (Å²) in [5.74, 6) is -0.585. The summed E-state index contributed by atoms with van der Waals surface area (Å²) in [6.45, 7) is 1.33. The minimum Gasteiger partial charge on any atom is -0.274 e. The Kier molecular flexibility index (Phi) is 3.63. The third kappa shape index (κ3) is 3.24. The van der Waals surface area contributed by atoms with E-state index in [1.54, 1.807) is 24.3 Å². The van der Waals surface area contributed by atoms with Crippen molar-refractivity contribution in [3.63, 3.8) is 0 Å². The second-order valence-corrected chi connectivity index (χ2v) is 2.63. The van der Waals surface area contributed by atoms with Crippen LogP contribution in [0.2, 0.25) is 0 Å². The predicted molar refractivity (Wildman–Crippen MR) is 50.9 cm³/mol. The maximum absolute atomic E-state index is 11.3. The van der Waals surface area contributed by atoms with Crippen molar-refractivity contribution >= 4 is 11.8 Å². The second kappa shape index (κ2) is 4.98. The lowest BCUT2D eigenvalue weighted by Gasteiger charge is -2.06. The van der Waals surface area contributed by atoms with E-state index >= 15 is 0 Å². The SMILES string of the molecule is CC(=O)NNNC(=O)c1ccccc1. The zero-order valence-electron chi connectivity index (χ0n) is 7.70. The Morgan fingerprint density at radius 3 is 2.29 bits per heavy atom. The first-order chi connectivity index (χ1) is 6.70. The number of carbonyl (C=O) groups excluding carboxylic acids is 2. The molecule has 5 nitrogen and oxygen atoms in total. The van der Waals surface area contributed by atoms with Crippen LogP contribution in [0.1, 0.15) is 17.3 Å². The molecule has 3 N–H and O–H groups in total. The first kappa shape index (κ1) is 10.2. The van der Waals surface area contributed by atoms with Gasteiger partial charge in [-0.2, -0.15) is 0 Å². The Balaban J connectivity index is 2.40. The second-order valence-electron chi connectivity index (χ2n) is 2.63. The largest absolute Gasteiger partial charge is 0.274 e. The van der Waals surface area contributed by atoms with Gasteiger partial charge >= 0.3 is 0 Å².